The van der Waals surface area contributed by atoms with Crippen LogP contribution >= 0.6 is 11.3 Å². The smallest absolute Gasteiger partial charge is 0.247 e. The Bertz CT molecular complexity index is 849. The van der Waals surface area contributed by atoms with Crippen molar-refractivity contribution in [2.45, 2.75) is 25.3 Å². The van der Waals surface area contributed by atoms with Gasteiger partial charge in [-0.2, -0.15) is 5.10 Å². The molecule has 2 N–H and O–H groups in total. The number of hydrogen-bond donors (Lipinski definition) is 2. The molecule has 1 fully saturated rings. The van der Waals surface area contributed by atoms with E-state index in [-0.39, 0.29) is 12.5 Å². The number of nitrogens with zero attached hydrogens (tertiary/aromatic N) is 3. The minimum atomic E-state index is -0.102. The van der Waals surface area contributed by atoms with Crippen LogP contribution in [0.15, 0.2) is 36.7 Å². The first kappa shape index (κ1) is 15.3. The van der Waals surface area contributed by atoms with Crippen LogP contribution in [0.2, 0.25) is 0 Å². The zero-order valence-electron chi connectivity index (χ0n) is 13.2. The first-order valence-corrected chi connectivity index (χ1v) is 8.98. The molecule has 1 aliphatic heterocycles. The van der Waals surface area contributed by atoms with Gasteiger partial charge in [0.15, 0.2) is 5.13 Å². The molecule has 0 saturated carbocycles. The van der Waals surface area contributed by atoms with E-state index in [2.05, 4.69) is 20.7 Å². The molecule has 3 heterocycles. The first-order valence-electron chi connectivity index (χ1n) is 8.16. The van der Waals surface area contributed by atoms with Crippen LogP contribution in [0.4, 0.5) is 5.13 Å². The highest BCUT2D eigenvalue weighted by Crippen LogP contribution is 2.31. The summed E-state index contributed by atoms with van der Waals surface area (Å²) in [7, 11) is 0. The summed E-state index contributed by atoms with van der Waals surface area (Å²) in [4.78, 5) is 17.9. The molecular formula is C17H19N5OS. The maximum atomic E-state index is 12.3. The SMILES string of the molecule is O=C(Cn1ncc2ccccc21)Nc1ncc(C2CCNCC2)s1. The fourth-order valence-corrected chi connectivity index (χ4v) is 4.09. The topological polar surface area (TPSA) is 71.8 Å². The highest BCUT2D eigenvalue weighted by atomic mass is 32.1. The van der Waals surface area contributed by atoms with Crippen molar-refractivity contribution in [3.63, 3.8) is 0 Å². The molecule has 1 aliphatic rings. The molecule has 0 radical (unpaired) electrons. The van der Waals surface area contributed by atoms with E-state index in [4.69, 9.17) is 0 Å². The monoisotopic (exact) mass is 341 g/mol. The Labute approximate surface area is 143 Å². The highest BCUT2D eigenvalue weighted by molar-refractivity contribution is 7.15. The number of para-hydroxylation sites is 1. The summed E-state index contributed by atoms with van der Waals surface area (Å²) in [6.45, 7) is 2.29. The van der Waals surface area contributed by atoms with E-state index in [9.17, 15) is 4.79 Å². The van der Waals surface area contributed by atoms with Gasteiger partial charge in [0.2, 0.25) is 5.91 Å². The van der Waals surface area contributed by atoms with Crippen LogP contribution in [0.5, 0.6) is 0 Å². The molecule has 0 atom stereocenters. The zero-order valence-corrected chi connectivity index (χ0v) is 14.1. The number of thiazole rings is 1. The summed E-state index contributed by atoms with van der Waals surface area (Å²) in [5.74, 6) is 0.458. The average Bonchev–Trinajstić information content (AvgIpc) is 3.23. The van der Waals surface area contributed by atoms with Crippen LogP contribution in [0.3, 0.4) is 0 Å². The van der Waals surface area contributed by atoms with Crippen molar-refractivity contribution in [1.29, 1.82) is 0 Å². The standard InChI is InChI=1S/C17H19N5OS/c23-16(11-22-14-4-2-1-3-13(14)9-20-22)21-17-19-10-15(24-17)12-5-7-18-8-6-12/h1-4,9-10,12,18H,5-8,11H2,(H,19,21,23). The van der Waals surface area contributed by atoms with Gasteiger partial charge in [0.25, 0.3) is 0 Å². The Morgan fingerprint density at radius 3 is 3.00 bits per heavy atom. The van der Waals surface area contributed by atoms with Crippen LogP contribution in [0.1, 0.15) is 23.6 Å². The molecule has 4 rings (SSSR count). The normalized spacial score (nSPS) is 15.7. The third-order valence-electron chi connectivity index (χ3n) is 4.36. The minimum Gasteiger partial charge on any atom is -0.317 e. The Balaban J connectivity index is 1.42. The quantitative estimate of drug-likeness (QED) is 0.765. The van der Waals surface area contributed by atoms with E-state index in [1.165, 1.54) is 4.88 Å². The summed E-state index contributed by atoms with van der Waals surface area (Å²) in [6, 6.07) is 7.87. The van der Waals surface area contributed by atoms with Gasteiger partial charge < -0.3 is 10.6 Å². The lowest BCUT2D eigenvalue weighted by atomic mass is 9.97. The van der Waals surface area contributed by atoms with Gasteiger partial charge in [-0.3, -0.25) is 9.48 Å². The Kier molecular flexibility index (Phi) is 4.27. The van der Waals surface area contributed by atoms with Crippen LogP contribution in [-0.4, -0.2) is 33.8 Å². The zero-order chi connectivity index (χ0) is 16.4. The largest absolute Gasteiger partial charge is 0.317 e. The Morgan fingerprint density at radius 1 is 1.29 bits per heavy atom. The number of amides is 1. The molecule has 2 aromatic heterocycles. The number of carbonyl (C=O) groups is 1. The van der Waals surface area contributed by atoms with Crippen molar-refractivity contribution >= 4 is 33.3 Å². The summed E-state index contributed by atoms with van der Waals surface area (Å²) >= 11 is 1.58. The summed E-state index contributed by atoms with van der Waals surface area (Å²) < 4.78 is 1.71. The second-order valence-corrected chi connectivity index (χ2v) is 7.06. The first-order chi connectivity index (χ1) is 11.8. The van der Waals surface area contributed by atoms with E-state index in [1.54, 1.807) is 22.2 Å². The Morgan fingerprint density at radius 2 is 2.12 bits per heavy atom. The Hall–Kier alpha value is -2.25. The summed E-state index contributed by atoms with van der Waals surface area (Å²) in [6.07, 6.45) is 5.95. The molecule has 0 aliphatic carbocycles. The average molecular weight is 341 g/mol. The number of piperidine rings is 1. The fourth-order valence-electron chi connectivity index (χ4n) is 3.09. The van der Waals surface area contributed by atoms with Crippen molar-refractivity contribution in [1.82, 2.24) is 20.1 Å². The predicted octanol–water partition coefficient (Wildman–Crippen LogP) is 2.60. The molecule has 1 saturated heterocycles. The lowest BCUT2D eigenvalue weighted by Gasteiger charge is -2.20. The lowest BCUT2D eigenvalue weighted by Crippen LogP contribution is -2.26. The molecular weight excluding hydrogens is 322 g/mol. The van der Waals surface area contributed by atoms with Gasteiger partial charge in [0, 0.05) is 16.5 Å². The van der Waals surface area contributed by atoms with E-state index < -0.39 is 0 Å². The lowest BCUT2D eigenvalue weighted by molar-refractivity contribution is -0.116. The van der Waals surface area contributed by atoms with Gasteiger partial charge in [-0.05, 0) is 37.9 Å². The summed E-state index contributed by atoms with van der Waals surface area (Å²) in [5.41, 5.74) is 0.960. The summed E-state index contributed by atoms with van der Waals surface area (Å²) in [5, 5.41) is 12.3. The van der Waals surface area contributed by atoms with Crippen molar-refractivity contribution in [2.24, 2.45) is 0 Å². The third-order valence-corrected chi connectivity index (χ3v) is 5.43. The molecule has 0 unspecified atom stereocenters. The maximum absolute atomic E-state index is 12.3. The van der Waals surface area contributed by atoms with E-state index in [0.29, 0.717) is 11.0 Å². The highest BCUT2D eigenvalue weighted by Gasteiger charge is 2.18. The number of benzene rings is 1. The van der Waals surface area contributed by atoms with E-state index in [0.717, 1.165) is 36.8 Å². The van der Waals surface area contributed by atoms with Gasteiger partial charge >= 0.3 is 0 Å². The second-order valence-electron chi connectivity index (χ2n) is 6.00. The predicted molar refractivity (Wildman–Crippen MR) is 95.3 cm³/mol. The minimum absolute atomic E-state index is 0.102. The number of nitrogens with one attached hydrogen (secondary N) is 2. The van der Waals surface area contributed by atoms with Gasteiger partial charge in [0.1, 0.15) is 6.54 Å². The molecule has 1 amide bonds. The maximum Gasteiger partial charge on any atom is 0.247 e. The number of aromatic nitrogens is 3. The van der Waals surface area contributed by atoms with Crippen molar-refractivity contribution < 1.29 is 4.79 Å². The molecule has 7 heteroatoms. The molecule has 24 heavy (non-hydrogen) atoms. The number of anilines is 1. The van der Waals surface area contributed by atoms with Gasteiger partial charge in [-0.25, -0.2) is 4.98 Å². The van der Waals surface area contributed by atoms with Gasteiger partial charge in [0.05, 0.1) is 11.7 Å². The van der Waals surface area contributed by atoms with Crippen LogP contribution in [0.25, 0.3) is 10.9 Å². The molecule has 1 aromatic carbocycles. The van der Waals surface area contributed by atoms with Crippen LogP contribution < -0.4 is 10.6 Å². The third kappa shape index (κ3) is 3.18. The van der Waals surface area contributed by atoms with Gasteiger partial charge in [-0.15, -0.1) is 11.3 Å². The molecule has 3 aromatic rings. The molecule has 0 bridgehead atoms. The molecule has 0 spiro atoms. The van der Waals surface area contributed by atoms with Crippen molar-refractivity contribution in [3.05, 3.63) is 41.5 Å². The van der Waals surface area contributed by atoms with Crippen molar-refractivity contribution in [2.75, 3.05) is 18.4 Å². The number of rotatable bonds is 4. The van der Waals surface area contributed by atoms with Gasteiger partial charge in [-0.1, -0.05) is 18.2 Å². The number of hydrogen-bond acceptors (Lipinski definition) is 5. The van der Waals surface area contributed by atoms with Crippen molar-refractivity contribution in [3.8, 4) is 0 Å². The molecule has 124 valence electrons. The fraction of sp³-hybridized carbons (Fsp3) is 0.353. The second kappa shape index (κ2) is 6.70. The number of fused-ring (bicyclic) bond motifs is 1. The van der Waals surface area contributed by atoms with Crippen LogP contribution in [-0.2, 0) is 11.3 Å². The van der Waals surface area contributed by atoms with E-state index >= 15 is 0 Å². The van der Waals surface area contributed by atoms with Crippen LogP contribution in [0, 0.1) is 0 Å². The molecule has 6 nitrogen and oxygen atoms in total. The number of carbonyl (C=O) groups excluding carboxylic acids is 1. The van der Waals surface area contributed by atoms with E-state index in [1.807, 2.05) is 30.5 Å².